The molecule has 1 saturated carbocycles. The molecule has 0 atom stereocenters. The van der Waals surface area contributed by atoms with Gasteiger partial charge in [-0.2, -0.15) is 4.31 Å². The van der Waals surface area contributed by atoms with Gasteiger partial charge >= 0.3 is 12.1 Å². The van der Waals surface area contributed by atoms with Crippen molar-refractivity contribution in [1.29, 1.82) is 0 Å². The summed E-state index contributed by atoms with van der Waals surface area (Å²) in [5, 5.41) is 3.30. The van der Waals surface area contributed by atoms with Gasteiger partial charge < -0.3 is 14.8 Å². The van der Waals surface area contributed by atoms with E-state index < -0.39 is 27.7 Å². The summed E-state index contributed by atoms with van der Waals surface area (Å²) >= 11 is 5.93. The Hall–Kier alpha value is -2.98. The van der Waals surface area contributed by atoms with Crippen molar-refractivity contribution in [2.24, 2.45) is 11.8 Å². The Labute approximate surface area is 229 Å². The molecule has 1 aliphatic heterocycles. The molecular formula is C27H34ClN3O6S. The summed E-state index contributed by atoms with van der Waals surface area (Å²) < 4.78 is 38.8. The molecule has 1 aliphatic carbocycles. The summed E-state index contributed by atoms with van der Waals surface area (Å²) in [6, 6.07) is 10.1. The second kappa shape index (κ2) is 11.0. The van der Waals surface area contributed by atoms with Gasteiger partial charge in [-0.05, 0) is 94.7 Å². The number of amides is 3. The molecule has 0 unspecified atom stereocenters. The predicted molar refractivity (Wildman–Crippen MR) is 147 cm³/mol. The molecule has 0 saturated heterocycles. The van der Waals surface area contributed by atoms with Crippen LogP contribution in [0.5, 0.6) is 5.75 Å². The number of alkyl carbamates (subject to hydrolysis) is 1. The Morgan fingerprint density at radius 3 is 2.32 bits per heavy atom. The first kappa shape index (κ1) is 28.0. The average Bonchev–Trinajstić information content (AvgIpc) is 2.85. The Balaban J connectivity index is 1.35. The van der Waals surface area contributed by atoms with Gasteiger partial charge in [0.15, 0.2) is 0 Å². The number of halogens is 1. The molecule has 4 rings (SSSR count). The second-order valence-electron chi connectivity index (χ2n) is 10.8. The van der Waals surface area contributed by atoms with E-state index in [1.165, 1.54) is 42.3 Å². The lowest BCUT2D eigenvalue weighted by molar-refractivity contribution is 0.0511. The molecule has 1 fully saturated rings. The third-order valence-electron chi connectivity index (χ3n) is 6.72. The minimum Gasteiger partial charge on any atom is -0.493 e. The maximum atomic E-state index is 13.3. The Kier molecular flexibility index (Phi) is 8.13. The molecule has 1 heterocycles. The molecule has 2 aromatic carbocycles. The van der Waals surface area contributed by atoms with Crippen LogP contribution in [0, 0.1) is 11.8 Å². The number of ether oxygens (including phenoxy) is 2. The molecule has 0 spiro atoms. The van der Waals surface area contributed by atoms with Crippen LogP contribution in [0.25, 0.3) is 0 Å². The number of hydrogen-bond acceptors (Lipinski definition) is 6. The summed E-state index contributed by atoms with van der Waals surface area (Å²) in [7, 11) is -2.57. The molecule has 206 valence electrons. The number of hydrogen-bond donors (Lipinski definition) is 1. The normalized spacial score (nSPS) is 21.0. The summed E-state index contributed by atoms with van der Waals surface area (Å²) in [5.74, 6) is 1.26. The zero-order chi connectivity index (χ0) is 27.7. The molecule has 2 aliphatic rings. The van der Waals surface area contributed by atoms with Gasteiger partial charge in [-0.1, -0.05) is 11.6 Å². The highest BCUT2D eigenvalue weighted by Gasteiger charge is 2.41. The number of sulfonamides is 1. The maximum Gasteiger partial charge on any atom is 0.407 e. The standard InChI is InChI=1S/C27H34ClN3O6S/c1-27(2,3)37-25(32)29-16-18-5-7-19(8-6-18)17-36-22-13-14-24-23(15-22)30(4)26(33)31(38(24,34)35)21-11-9-20(28)10-12-21/h9-15,18-19H,5-8,16-17H2,1-4H3,(H,29,32)/t18-,19-. The van der Waals surface area contributed by atoms with Crippen LogP contribution < -0.4 is 19.3 Å². The van der Waals surface area contributed by atoms with Crippen LogP contribution in [0.2, 0.25) is 5.02 Å². The quantitative estimate of drug-likeness (QED) is 0.475. The van der Waals surface area contributed by atoms with E-state index in [2.05, 4.69) is 5.32 Å². The largest absolute Gasteiger partial charge is 0.493 e. The molecule has 2 aromatic rings. The number of anilines is 2. The second-order valence-corrected chi connectivity index (χ2v) is 13.0. The highest BCUT2D eigenvalue weighted by molar-refractivity contribution is 7.94. The zero-order valence-corrected chi connectivity index (χ0v) is 23.6. The van der Waals surface area contributed by atoms with Gasteiger partial charge in [-0.3, -0.25) is 4.90 Å². The van der Waals surface area contributed by atoms with Crippen LogP contribution in [0.3, 0.4) is 0 Å². The van der Waals surface area contributed by atoms with E-state index in [0.717, 1.165) is 30.0 Å². The third-order valence-corrected chi connectivity index (χ3v) is 8.72. The monoisotopic (exact) mass is 563 g/mol. The van der Waals surface area contributed by atoms with E-state index in [0.29, 0.717) is 35.8 Å². The van der Waals surface area contributed by atoms with E-state index in [-0.39, 0.29) is 16.3 Å². The van der Waals surface area contributed by atoms with Crippen molar-refractivity contribution in [3.8, 4) is 5.75 Å². The molecule has 0 aromatic heterocycles. The average molecular weight is 564 g/mol. The maximum absolute atomic E-state index is 13.3. The SMILES string of the molecule is CN1C(=O)N(c2ccc(Cl)cc2)S(=O)(=O)c2ccc(OC[C@H]3CC[C@H](CNC(=O)OC(C)(C)C)CC3)cc21. The van der Waals surface area contributed by atoms with Gasteiger partial charge in [0, 0.05) is 24.7 Å². The Morgan fingerprint density at radius 1 is 1.05 bits per heavy atom. The van der Waals surface area contributed by atoms with Crippen LogP contribution in [0.4, 0.5) is 21.0 Å². The van der Waals surface area contributed by atoms with Gasteiger partial charge in [-0.25, -0.2) is 18.0 Å². The molecule has 3 amide bonds. The van der Waals surface area contributed by atoms with E-state index in [9.17, 15) is 18.0 Å². The van der Waals surface area contributed by atoms with E-state index in [4.69, 9.17) is 21.1 Å². The van der Waals surface area contributed by atoms with Gasteiger partial charge in [0.05, 0.1) is 18.0 Å². The lowest BCUT2D eigenvalue weighted by atomic mass is 9.82. The number of urea groups is 1. The van der Waals surface area contributed by atoms with Crippen LogP contribution in [-0.2, 0) is 14.8 Å². The first-order valence-corrected chi connectivity index (χ1v) is 14.5. The molecule has 9 nitrogen and oxygen atoms in total. The van der Waals surface area contributed by atoms with E-state index in [1.54, 1.807) is 12.1 Å². The number of carbonyl (C=O) groups is 2. The number of nitrogens with one attached hydrogen (secondary N) is 1. The molecule has 1 N–H and O–H groups in total. The van der Waals surface area contributed by atoms with Crippen LogP contribution in [0.15, 0.2) is 47.4 Å². The molecule has 11 heteroatoms. The summed E-state index contributed by atoms with van der Waals surface area (Å²) in [6.07, 6.45) is 3.49. The summed E-state index contributed by atoms with van der Waals surface area (Å²) in [4.78, 5) is 26.3. The minimum atomic E-state index is -4.11. The van der Waals surface area contributed by atoms with Crippen molar-refractivity contribution in [2.45, 2.75) is 57.0 Å². The topological polar surface area (TPSA) is 105 Å². The highest BCUT2D eigenvalue weighted by atomic mass is 35.5. The van der Waals surface area contributed by atoms with Gasteiger partial charge in [0.1, 0.15) is 16.2 Å². The number of fused-ring (bicyclic) bond motifs is 1. The summed E-state index contributed by atoms with van der Waals surface area (Å²) in [6.45, 7) is 6.60. The van der Waals surface area contributed by atoms with Crippen molar-refractivity contribution < 1.29 is 27.5 Å². The van der Waals surface area contributed by atoms with Gasteiger partial charge in [0.2, 0.25) is 0 Å². The number of carbonyl (C=O) groups excluding carboxylic acids is 2. The van der Waals surface area contributed by atoms with Crippen LogP contribution >= 0.6 is 11.6 Å². The van der Waals surface area contributed by atoms with Crippen LogP contribution in [-0.4, -0.2) is 46.3 Å². The third kappa shape index (κ3) is 6.35. The number of rotatable bonds is 6. The smallest absolute Gasteiger partial charge is 0.407 e. The predicted octanol–water partition coefficient (Wildman–Crippen LogP) is 5.82. The van der Waals surface area contributed by atoms with Crippen molar-refractivity contribution in [1.82, 2.24) is 5.32 Å². The minimum absolute atomic E-state index is 0.0277. The molecule has 0 bridgehead atoms. The fraction of sp³-hybridized carbons (Fsp3) is 0.481. The van der Waals surface area contributed by atoms with Gasteiger partial charge in [0.25, 0.3) is 10.0 Å². The summed E-state index contributed by atoms with van der Waals surface area (Å²) in [5.41, 5.74) is -0.0261. The number of benzene rings is 2. The fourth-order valence-corrected chi connectivity index (χ4v) is 6.44. The fourth-order valence-electron chi connectivity index (χ4n) is 4.69. The van der Waals surface area contributed by atoms with E-state index in [1.807, 2.05) is 20.8 Å². The number of nitrogens with zero attached hydrogens (tertiary/aromatic N) is 2. The van der Waals surface area contributed by atoms with Crippen molar-refractivity contribution in [2.75, 3.05) is 29.4 Å². The van der Waals surface area contributed by atoms with Crippen molar-refractivity contribution in [3.63, 3.8) is 0 Å². The van der Waals surface area contributed by atoms with Crippen molar-refractivity contribution >= 4 is 45.1 Å². The first-order chi connectivity index (χ1) is 17.8. The highest BCUT2D eigenvalue weighted by Crippen LogP contribution is 2.39. The Bertz CT molecular complexity index is 1280. The van der Waals surface area contributed by atoms with Gasteiger partial charge in [-0.15, -0.1) is 0 Å². The molecule has 38 heavy (non-hydrogen) atoms. The lowest BCUT2D eigenvalue weighted by Gasteiger charge is -2.34. The lowest BCUT2D eigenvalue weighted by Crippen LogP contribution is -2.49. The van der Waals surface area contributed by atoms with Crippen molar-refractivity contribution in [3.05, 3.63) is 47.5 Å². The molecule has 0 radical (unpaired) electrons. The van der Waals surface area contributed by atoms with Crippen LogP contribution in [0.1, 0.15) is 46.5 Å². The first-order valence-electron chi connectivity index (χ1n) is 12.7. The zero-order valence-electron chi connectivity index (χ0n) is 22.1. The van der Waals surface area contributed by atoms with E-state index >= 15 is 0 Å². The Morgan fingerprint density at radius 2 is 1.68 bits per heavy atom. The molecular weight excluding hydrogens is 530 g/mol.